The molecule has 10 nitrogen and oxygen atoms in total. The van der Waals surface area contributed by atoms with E-state index in [9.17, 15) is 19.7 Å². The third-order valence-electron chi connectivity index (χ3n) is 4.93. The Kier molecular flexibility index (Phi) is 10.1. The van der Waals surface area contributed by atoms with Gasteiger partial charge in [-0.3, -0.25) is 10.1 Å². The van der Waals surface area contributed by atoms with E-state index < -0.39 is 16.9 Å². The summed E-state index contributed by atoms with van der Waals surface area (Å²) in [5.41, 5.74) is -0.0684. The predicted molar refractivity (Wildman–Crippen MR) is 150 cm³/mol. The number of nitrogens with zero attached hydrogens (tertiary/aromatic N) is 4. The summed E-state index contributed by atoms with van der Waals surface area (Å²) in [7, 11) is 0. The van der Waals surface area contributed by atoms with Crippen LogP contribution in [0.3, 0.4) is 0 Å². The molecule has 0 atom stereocenters. The van der Waals surface area contributed by atoms with Crippen molar-refractivity contribution in [2.24, 2.45) is 9.98 Å². The maximum atomic E-state index is 12.9. The molecular formula is C24H26N4O6S3. The van der Waals surface area contributed by atoms with E-state index in [1.807, 2.05) is 12.1 Å². The lowest BCUT2D eigenvalue weighted by Gasteiger charge is -2.17. The molecule has 0 N–H and O–H groups in total. The van der Waals surface area contributed by atoms with E-state index >= 15 is 0 Å². The van der Waals surface area contributed by atoms with Gasteiger partial charge in [-0.25, -0.2) is 19.6 Å². The van der Waals surface area contributed by atoms with Gasteiger partial charge in [-0.1, -0.05) is 22.7 Å². The maximum Gasteiger partial charge on any atom is 0.342 e. The second-order valence-corrected chi connectivity index (χ2v) is 10.4. The zero-order valence-corrected chi connectivity index (χ0v) is 23.2. The molecule has 0 unspecified atom stereocenters. The second kappa shape index (κ2) is 13.2. The summed E-state index contributed by atoms with van der Waals surface area (Å²) >= 11 is 3.54. The first kappa shape index (κ1) is 28.2. The molecule has 0 amide bonds. The third kappa shape index (κ3) is 6.87. The number of rotatable bonds is 12. The number of hydrogen-bond donors (Lipinski definition) is 0. The number of thiophene rings is 3. The number of nitro groups is 1. The van der Waals surface area contributed by atoms with Gasteiger partial charge in [0.05, 0.1) is 28.0 Å². The molecule has 0 spiro atoms. The van der Waals surface area contributed by atoms with Crippen LogP contribution in [0.5, 0.6) is 0 Å². The Hall–Kier alpha value is -3.42. The fourth-order valence-electron chi connectivity index (χ4n) is 3.25. The van der Waals surface area contributed by atoms with E-state index in [2.05, 4.69) is 28.7 Å². The molecule has 13 heteroatoms. The summed E-state index contributed by atoms with van der Waals surface area (Å²) in [4.78, 5) is 48.8. The number of anilines is 1. The van der Waals surface area contributed by atoms with E-state index in [0.29, 0.717) is 4.88 Å². The molecule has 3 rings (SSSR count). The van der Waals surface area contributed by atoms with Crippen molar-refractivity contribution >= 4 is 78.4 Å². The minimum atomic E-state index is -0.729. The molecule has 196 valence electrons. The molecular weight excluding hydrogens is 536 g/mol. The minimum absolute atomic E-state index is 0.0219. The Morgan fingerprint density at radius 3 is 1.84 bits per heavy atom. The van der Waals surface area contributed by atoms with Crippen LogP contribution in [0.25, 0.3) is 0 Å². The Balaban J connectivity index is 2.06. The van der Waals surface area contributed by atoms with Gasteiger partial charge in [0.25, 0.3) is 0 Å². The third-order valence-corrected chi connectivity index (χ3v) is 7.99. The van der Waals surface area contributed by atoms with E-state index in [1.165, 1.54) is 12.3 Å². The number of esters is 2. The maximum absolute atomic E-state index is 12.9. The van der Waals surface area contributed by atoms with Gasteiger partial charge in [0.15, 0.2) is 0 Å². The van der Waals surface area contributed by atoms with Crippen LogP contribution in [-0.4, -0.2) is 55.6 Å². The standard InChI is InChI=1S/C24H26N4O6S3/c1-5-27(6-2)17-11-9-15(35-17)13-25-21-19(23(29)33-7-3)20(24(30)34-8-4)22(37-21)26-14-16-10-12-18(36-16)28(31)32/h9-14H,5-8H2,1-4H3. The molecule has 0 radical (unpaired) electrons. The number of ether oxygens (including phenoxy) is 2. The smallest absolute Gasteiger partial charge is 0.342 e. The topological polar surface area (TPSA) is 124 Å². The van der Waals surface area contributed by atoms with Crippen molar-refractivity contribution in [1.29, 1.82) is 0 Å². The molecule has 3 aromatic heterocycles. The van der Waals surface area contributed by atoms with E-state index in [0.717, 1.165) is 45.6 Å². The lowest BCUT2D eigenvalue weighted by molar-refractivity contribution is -0.380. The zero-order chi connectivity index (χ0) is 26.9. The van der Waals surface area contributed by atoms with Gasteiger partial charge in [-0.15, -0.1) is 11.3 Å². The highest BCUT2D eigenvalue weighted by Gasteiger charge is 2.30. The highest BCUT2D eigenvalue weighted by Crippen LogP contribution is 2.43. The summed E-state index contributed by atoms with van der Waals surface area (Å²) in [6.07, 6.45) is 3.04. The Bertz CT molecular complexity index is 1320. The van der Waals surface area contributed by atoms with Crippen molar-refractivity contribution in [3.8, 4) is 0 Å². The summed E-state index contributed by atoms with van der Waals surface area (Å²) in [6.45, 7) is 9.45. The van der Waals surface area contributed by atoms with Gasteiger partial charge in [-0.05, 0) is 45.9 Å². The molecule has 0 saturated carbocycles. The SMILES string of the molecule is CCOC(=O)c1c(N=Cc2ccc(N(CC)CC)s2)sc(N=Cc2ccc([N+](=O)[O-])s2)c1C(=O)OCC. The summed E-state index contributed by atoms with van der Waals surface area (Å²) in [5.74, 6) is -1.44. The fraction of sp³-hybridized carbons (Fsp3) is 0.333. The first-order valence-electron chi connectivity index (χ1n) is 11.5. The molecule has 37 heavy (non-hydrogen) atoms. The second-order valence-electron chi connectivity index (χ2n) is 7.20. The quantitative estimate of drug-likeness (QED) is 0.107. The molecule has 0 saturated heterocycles. The van der Waals surface area contributed by atoms with Crippen molar-refractivity contribution in [3.05, 3.63) is 55.3 Å². The lowest BCUT2D eigenvalue weighted by Crippen LogP contribution is -2.20. The summed E-state index contributed by atoms with van der Waals surface area (Å²) in [5, 5.41) is 12.5. The van der Waals surface area contributed by atoms with E-state index in [4.69, 9.17) is 9.47 Å². The minimum Gasteiger partial charge on any atom is -0.462 e. The lowest BCUT2D eigenvalue weighted by atomic mass is 10.1. The normalized spacial score (nSPS) is 11.4. The molecule has 0 aliphatic rings. The first-order valence-corrected chi connectivity index (χ1v) is 14.0. The van der Waals surface area contributed by atoms with Crippen molar-refractivity contribution in [2.45, 2.75) is 27.7 Å². The largest absolute Gasteiger partial charge is 0.462 e. The number of hydrogen-bond acceptors (Lipinski definition) is 12. The van der Waals surface area contributed by atoms with Gasteiger partial charge in [-0.2, -0.15) is 0 Å². The van der Waals surface area contributed by atoms with Crippen molar-refractivity contribution in [3.63, 3.8) is 0 Å². The average Bonchev–Trinajstić information content (AvgIpc) is 3.61. The Morgan fingerprint density at radius 2 is 1.38 bits per heavy atom. The molecule has 0 fully saturated rings. The van der Waals surface area contributed by atoms with E-state index in [-0.39, 0.29) is 39.3 Å². The number of carbonyl (C=O) groups is 2. The van der Waals surface area contributed by atoms with Crippen LogP contribution in [0.15, 0.2) is 34.3 Å². The molecule has 3 aromatic rings. The molecule has 0 aliphatic heterocycles. The van der Waals surface area contributed by atoms with Crippen LogP contribution in [0.2, 0.25) is 0 Å². The first-order chi connectivity index (χ1) is 17.8. The van der Waals surface area contributed by atoms with Gasteiger partial charge in [0.1, 0.15) is 21.1 Å². The van der Waals surface area contributed by atoms with Crippen molar-refractivity contribution in [1.82, 2.24) is 0 Å². The summed E-state index contributed by atoms with van der Waals surface area (Å²) < 4.78 is 10.4. The van der Waals surface area contributed by atoms with Gasteiger partial charge in [0.2, 0.25) is 0 Å². The van der Waals surface area contributed by atoms with Crippen LogP contribution in [0.1, 0.15) is 58.2 Å². The average molecular weight is 563 g/mol. The highest BCUT2D eigenvalue weighted by molar-refractivity contribution is 7.20. The zero-order valence-electron chi connectivity index (χ0n) is 20.8. The van der Waals surface area contributed by atoms with Gasteiger partial charge < -0.3 is 14.4 Å². The number of carbonyl (C=O) groups excluding carboxylic acids is 2. The molecule has 0 aliphatic carbocycles. The number of aliphatic imine (C=N–C) groups is 2. The molecule has 0 bridgehead atoms. The van der Waals surface area contributed by atoms with Gasteiger partial charge >= 0.3 is 16.9 Å². The monoisotopic (exact) mass is 562 g/mol. The predicted octanol–water partition coefficient (Wildman–Crippen LogP) is 6.48. The van der Waals surface area contributed by atoms with Crippen LogP contribution in [0, 0.1) is 10.1 Å². The Morgan fingerprint density at radius 1 is 0.865 bits per heavy atom. The molecule has 3 heterocycles. The van der Waals surface area contributed by atoms with Crippen LogP contribution >= 0.6 is 34.0 Å². The van der Waals surface area contributed by atoms with Crippen LogP contribution in [-0.2, 0) is 9.47 Å². The highest BCUT2D eigenvalue weighted by atomic mass is 32.1. The van der Waals surface area contributed by atoms with Crippen LogP contribution in [0.4, 0.5) is 20.0 Å². The van der Waals surface area contributed by atoms with E-state index in [1.54, 1.807) is 37.5 Å². The van der Waals surface area contributed by atoms with Crippen molar-refractivity contribution in [2.75, 3.05) is 31.2 Å². The van der Waals surface area contributed by atoms with Crippen LogP contribution < -0.4 is 4.90 Å². The fourth-order valence-corrected chi connectivity index (χ4v) is 5.91. The molecule has 0 aromatic carbocycles. The Labute approximate surface area is 226 Å². The van der Waals surface area contributed by atoms with Crippen molar-refractivity contribution < 1.29 is 24.0 Å². The van der Waals surface area contributed by atoms with Gasteiger partial charge in [0, 0.05) is 36.5 Å². The summed E-state index contributed by atoms with van der Waals surface area (Å²) in [6, 6.07) is 6.88.